The van der Waals surface area contributed by atoms with Crippen LogP contribution in [0.3, 0.4) is 0 Å². The van der Waals surface area contributed by atoms with E-state index >= 15 is 0 Å². The second-order valence-corrected chi connectivity index (χ2v) is 5.18. The van der Waals surface area contributed by atoms with E-state index in [4.69, 9.17) is 0 Å². The van der Waals surface area contributed by atoms with Crippen molar-refractivity contribution in [1.82, 2.24) is 0 Å². The van der Waals surface area contributed by atoms with Gasteiger partial charge in [0.05, 0.1) is 10.5 Å². The number of benzene rings is 2. The lowest BCUT2D eigenvalue weighted by atomic mass is 10.1. The van der Waals surface area contributed by atoms with Crippen LogP contribution in [0.2, 0.25) is 0 Å². The van der Waals surface area contributed by atoms with Gasteiger partial charge >= 0.3 is 0 Å². The number of halogens is 2. The number of hydrogen-bond donors (Lipinski definition) is 1. The van der Waals surface area contributed by atoms with Crippen LogP contribution >= 0.6 is 15.9 Å². The van der Waals surface area contributed by atoms with Crippen molar-refractivity contribution in [2.24, 2.45) is 0 Å². The Labute approximate surface area is 128 Å². The highest BCUT2D eigenvalue weighted by Gasteiger charge is 2.21. The average Bonchev–Trinajstić information content (AvgIpc) is 2.43. The number of amides is 1. The molecule has 0 saturated heterocycles. The molecule has 108 valence electrons. The topological polar surface area (TPSA) is 72.2 Å². The number of nitro groups is 1. The molecule has 2 aromatic rings. The van der Waals surface area contributed by atoms with Gasteiger partial charge in [-0.2, -0.15) is 0 Å². The summed E-state index contributed by atoms with van der Waals surface area (Å²) in [5, 5.41) is 13.2. The number of nitrogens with zero attached hydrogens (tertiary/aromatic N) is 1. The zero-order chi connectivity index (χ0) is 15.6. The minimum Gasteiger partial charge on any atom is -0.314 e. The number of aryl methyl sites for hydroxylation is 1. The van der Waals surface area contributed by atoms with Crippen LogP contribution < -0.4 is 5.32 Å². The second kappa shape index (κ2) is 6.01. The van der Waals surface area contributed by atoms with Crippen LogP contribution in [-0.2, 0) is 0 Å². The summed E-state index contributed by atoms with van der Waals surface area (Å²) < 4.78 is 14.3. The minimum atomic E-state index is -0.860. The maximum Gasteiger partial charge on any atom is 0.295 e. The van der Waals surface area contributed by atoms with E-state index in [1.54, 1.807) is 25.1 Å². The van der Waals surface area contributed by atoms with Crippen molar-refractivity contribution in [3.05, 3.63) is 67.9 Å². The van der Waals surface area contributed by atoms with Crippen LogP contribution in [0.4, 0.5) is 15.8 Å². The van der Waals surface area contributed by atoms with Gasteiger partial charge in [0.2, 0.25) is 0 Å². The Balaban J connectivity index is 2.41. The van der Waals surface area contributed by atoms with Crippen molar-refractivity contribution in [2.75, 3.05) is 5.32 Å². The van der Waals surface area contributed by atoms with E-state index in [0.29, 0.717) is 4.47 Å². The first-order chi connectivity index (χ1) is 9.90. The third kappa shape index (κ3) is 3.25. The normalized spacial score (nSPS) is 10.2. The molecule has 0 aliphatic rings. The first-order valence-electron chi connectivity index (χ1n) is 5.90. The third-order valence-corrected chi connectivity index (χ3v) is 3.48. The SMILES string of the molecule is Cc1ccc(Br)c(C(=O)Nc2c(F)cccc2[N+](=O)[O-])c1. The highest BCUT2D eigenvalue weighted by molar-refractivity contribution is 9.10. The van der Waals surface area contributed by atoms with Crippen LogP contribution in [0.25, 0.3) is 0 Å². The fraction of sp³-hybridized carbons (Fsp3) is 0.0714. The first kappa shape index (κ1) is 15.1. The Morgan fingerprint density at radius 1 is 1.33 bits per heavy atom. The quantitative estimate of drug-likeness (QED) is 0.668. The molecule has 0 spiro atoms. The zero-order valence-corrected chi connectivity index (χ0v) is 12.5. The second-order valence-electron chi connectivity index (χ2n) is 4.33. The average molecular weight is 353 g/mol. The molecule has 0 saturated carbocycles. The lowest BCUT2D eigenvalue weighted by Crippen LogP contribution is -2.15. The maximum absolute atomic E-state index is 13.7. The van der Waals surface area contributed by atoms with Gasteiger partial charge in [-0.1, -0.05) is 17.7 Å². The molecule has 2 rings (SSSR count). The molecule has 1 N–H and O–H groups in total. The fourth-order valence-electron chi connectivity index (χ4n) is 1.78. The monoisotopic (exact) mass is 352 g/mol. The van der Waals surface area contributed by atoms with Gasteiger partial charge in [0.1, 0.15) is 0 Å². The Kier molecular flexibility index (Phi) is 4.32. The highest BCUT2D eigenvalue weighted by Crippen LogP contribution is 2.28. The predicted octanol–water partition coefficient (Wildman–Crippen LogP) is 4.06. The largest absolute Gasteiger partial charge is 0.314 e. The summed E-state index contributed by atoms with van der Waals surface area (Å²) >= 11 is 3.22. The molecule has 0 aliphatic carbocycles. The highest BCUT2D eigenvalue weighted by atomic mass is 79.9. The Bertz CT molecular complexity index is 734. The number of para-hydroxylation sites is 1. The Morgan fingerprint density at radius 2 is 2.05 bits per heavy atom. The summed E-state index contributed by atoms with van der Waals surface area (Å²) in [5.41, 5.74) is 0.173. The molecule has 5 nitrogen and oxygen atoms in total. The van der Waals surface area contributed by atoms with Gasteiger partial charge < -0.3 is 5.32 Å². The molecule has 0 radical (unpaired) electrons. The van der Waals surface area contributed by atoms with Crippen LogP contribution in [0.1, 0.15) is 15.9 Å². The fourth-order valence-corrected chi connectivity index (χ4v) is 2.21. The van der Waals surface area contributed by atoms with Gasteiger partial charge in [-0.3, -0.25) is 14.9 Å². The molecule has 0 aliphatic heterocycles. The summed E-state index contributed by atoms with van der Waals surface area (Å²) in [4.78, 5) is 22.3. The van der Waals surface area contributed by atoms with Gasteiger partial charge in [0.25, 0.3) is 11.6 Å². The molecule has 0 bridgehead atoms. The molecule has 0 heterocycles. The van der Waals surface area contributed by atoms with Crippen LogP contribution in [0.15, 0.2) is 40.9 Å². The Hall–Kier alpha value is -2.28. The van der Waals surface area contributed by atoms with Crippen LogP contribution in [0.5, 0.6) is 0 Å². The van der Waals surface area contributed by atoms with E-state index in [2.05, 4.69) is 21.2 Å². The van der Waals surface area contributed by atoms with Crippen molar-refractivity contribution in [2.45, 2.75) is 6.92 Å². The molecule has 0 fully saturated rings. The number of hydrogen-bond acceptors (Lipinski definition) is 3. The smallest absolute Gasteiger partial charge is 0.295 e. The standard InChI is InChI=1S/C14H10BrFN2O3/c1-8-5-6-10(15)9(7-8)14(19)17-13-11(16)3-2-4-12(13)18(20)21/h2-7H,1H3,(H,17,19). The zero-order valence-electron chi connectivity index (χ0n) is 10.9. The molecule has 2 aromatic carbocycles. The van der Waals surface area contributed by atoms with Crippen molar-refractivity contribution < 1.29 is 14.1 Å². The molecule has 0 unspecified atom stereocenters. The van der Waals surface area contributed by atoms with E-state index in [-0.39, 0.29) is 5.56 Å². The van der Waals surface area contributed by atoms with Crippen molar-refractivity contribution in [1.29, 1.82) is 0 Å². The molecule has 0 aromatic heterocycles. The van der Waals surface area contributed by atoms with Gasteiger partial charge in [-0.25, -0.2) is 4.39 Å². The number of rotatable bonds is 3. The van der Waals surface area contributed by atoms with Crippen LogP contribution in [0, 0.1) is 22.9 Å². The Morgan fingerprint density at radius 3 is 2.71 bits per heavy atom. The molecular formula is C14H10BrFN2O3. The first-order valence-corrected chi connectivity index (χ1v) is 6.70. The predicted molar refractivity (Wildman–Crippen MR) is 79.9 cm³/mol. The van der Waals surface area contributed by atoms with Crippen molar-refractivity contribution in [3.8, 4) is 0 Å². The maximum atomic E-state index is 13.7. The van der Waals surface area contributed by atoms with Gasteiger partial charge in [0, 0.05) is 10.5 Å². The van der Waals surface area contributed by atoms with Crippen molar-refractivity contribution >= 4 is 33.2 Å². The van der Waals surface area contributed by atoms with Gasteiger partial charge in [-0.05, 0) is 41.1 Å². The van der Waals surface area contributed by atoms with Crippen molar-refractivity contribution in [3.63, 3.8) is 0 Å². The van der Waals surface area contributed by atoms with E-state index in [1.165, 1.54) is 6.07 Å². The van der Waals surface area contributed by atoms with Gasteiger partial charge in [0.15, 0.2) is 11.5 Å². The van der Waals surface area contributed by atoms with Crippen LogP contribution in [-0.4, -0.2) is 10.8 Å². The van der Waals surface area contributed by atoms with E-state index in [1.807, 2.05) is 0 Å². The molecular weight excluding hydrogens is 343 g/mol. The number of nitrogens with one attached hydrogen (secondary N) is 1. The number of carbonyl (C=O) groups is 1. The molecule has 1 amide bonds. The third-order valence-electron chi connectivity index (χ3n) is 2.79. The van der Waals surface area contributed by atoms with E-state index in [9.17, 15) is 19.3 Å². The number of anilines is 1. The lowest BCUT2D eigenvalue weighted by molar-refractivity contribution is -0.384. The molecule has 7 heteroatoms. The summed E-state index contributed by atoms with van der Waals surface area (Å²) in [5.74, 6) is -1.49. The molecule has 21 heavy (non-hydrogen) atoms. The van der Waals surface area contributed by atoms with E-state index in [0.717, 1.165) is 17.7 Å². The molecule has 0 atom stereocenters. The summed E-state index contributed by atoms with van der Waals surface area (Å²) in [6.07, 6.45) is 0. The van der Waals surface area contributed by atoms with Gasteiger partial charge in [-0.15, -0.1) is 0 Å². The minimum absolute atomic E-state index is 0.271. The van der Waals surface area contributed by atoms with E-state index < -0.39 is 28.0 Å². The summed E-state index contributed by atoms with van der Waals surface area (Å²) in [7, 11) is 0. The number of carbonyl (C=O) groups excluding carboxylic acids is 1. The number of nitro benzene ring substituents is 1. The summed E-state index contributed by atoms with van der Waals surface area (Å²) in [6, 6.07) is 8.47. The lowest BCUT2D eigenvalue weighted by Gasteiger charge is -2.09. The summed E-state index contributed by atoms with van der Waals surface area (Å²) in [6.45, 7) is 1.80.